The van der Waals surface area contributed by atoms with E-state index in [9.17, 15) is 4.39 Å². The number of nitriles is 1. The fourth-order valence-electron chi connectivity index (χ4n) is 2.31. The molecular weight excluding hydrogens is 327 g/mol. The van der Waals surface area contributed by atoms with Crippen LogP contribution < -0.4 is 15.5 Å². The lowest BCUT2D eigenvalue weighted by molar-refractivity contribution is 0.619. The summed E-state index contributed by atoms with van der Waals surface area (Å²) in [7, 11) is 3.82. The maximum atomic E-state index is 13.8. The van der Waals surface area contributed by atoms with E-state index in [0.29, 0.717) is 21.8 Å². The van der Waals surface area contributed by atoms with Gasteiger partial charge in [0.05, 0.1) is 33.7 Å². The van der Waals surface area contributed by atoms with Crippen LogP contribution in [-0.2, 0) is 0 Å². The molecule has 0 saturated heterocycles. The van der Waals surface area contributed by atoms with E-state index in [1.54, 1.807) is 31.2 Å². The van der Waals surface area contributed by atoms with Gasteiger partial charge in [0.1, 0.15) is 5.82 Å². The van der Waals surface area contributed by atoms with Crippen molar-refractivity contribution in [2.45, 2.75) is 6.92 Å². The second-order valence-electron chi connectivity index (χ2n) is 5.58. The lowest BCUT2D eigenvalue weighted by Crippen LogP contribution is -2.27. The first-order valence-electron chi connectivity index (χ1n) is 7.58. The molecular formula is C18H20ClFN4. The van der Waals surface area contributed by atoms with Crippen LogP contribution in [0.25, 0.3) is 0 Å². The summed E-state index contributed by atoms with van der Waals surface area (Å²) in [4.78, 5) is 2.03. The van der Waals surface area contributed by atoms with E-state index in [4.69, 9.17) is 16.9 Å². The third-order valence-electron chi connectivity index (χ3n) is 3.75. The Morgan fingerprint density at radius 1 is 1.25 bits per heavy atom. The predicted molar refractivity (Wildman–Crippen MR) is 97.8 cm³/mol. The van der Waals surface area contributed by atoms with Gasteiger partial charge in [-0.25, -0.2) is 4.39 Å². The van der Waals surface area contributed by atoms with Crippen molar-refractivity contribution < 1.29 is 4.39 Å². The number of benzene rings is 2. The topological polar surface area (TPSA) is 51.1 Å². The van der Waals surface area contributed by atoms with Crippen molar-refractivity contribution in [2.24, 2.45) is 0 Å². The Morgan fingerprint density at radius 2 is 2.00 bits per heavy atom. The van der Waals surface area contributed by atoms with Gasteiger partial charge in [-0.1, -0.05) is 11.6 Å². The van der Waals surface area contributed by atoms with Gasteiger partial charge in [-0.15, -0.1) is 0 Å². The number of hydrogen-bond donors (Lipinski definition) is 2. The van der Waals surface area contributed by atoms with Gasteiger partial charge in [0, 0.05) is 20.1 Å². The molecule has 0 saturated carbocycles. The summed E-state index contributed by atoms with van der Waals surface area (Å²) in [5.41, 5.74) is 3.16. The number of nitrogens with zero attached hydrogens (tertiary/aromatic N) is 2. The number of aryl methyl sites for hydroxylation is 1. The van der Waals surface area contributed by atoms with Crippen molar-refractivity contribution in [3.05, 3.63) is 52.3 Å². The Hall–Kier alpha value is -2.29. The molecule has 2 rings (SSSR count). The first-order chi connectivity index (χ1) is 11.5. The molecule has 0 unspecified atom stereocenters. The van der Waals surface area contributed by atoms with E-state index in [0.717, 1.165) is 24.5 Å². The average Bonchev–Trinajstić information content (AvgIpc) is 2.57. The van der Waals surface area contributed by atoms with Gasteiger partial charge in [0.2, 0.25) is 0 Å². The fraction of sp³-hybridized carbons (Fsp3) is 0.278. The van der Waals surface area contributed by atoms with E-state index >= 15 is 0 Å². The molecule has 0 aliphatic heterocycles. The summed E-state index contributed by atoms with van der Waals surface area (Å²) in [6.45, 7) is 3.23. The lowest BCUT2D eigenvalue weighted by Gasteiger charge is -2.23. The van der Waals surface area contributed by atoms with Crippen LogP contribution in [0.5, 0.6) is 0 Å². The minimum absolute atomic E-state index is 0.319. The van der Waals surface area contributed by atoms with Gasteiger partial charge in [-0.2, -0.15) is 5.26 Å². The van der Waals surface area contributed by atoms with Gasteiger partial charge in [0.25, 0.3) is 0 Å². The Bertz CT molecular complexity index is 770. The zero-order valence-corrected chi connectivity index (χ0v) is 14.7. The molecule has 0 amide bonds. The summed E-state index contributed by atoms with van der Waals surface area (Å²) in [6, 6.07) is 10.4. The third-order valence-corrected chi connectivity index (χ3v) is 4.07. The standard InChI is InChI=1S/C18H20ClFN4/c1-12-8-14(19)17(10-15(12)20)23-16-5-4-13(11-21)9-18(16)24(3)7-6-22-2/h4-5,8-10,22-23H,6-7H2,1-3H3. The lowest BCUT2D eigenvalue weighted by atomic mass is 10.1. The molecule has 0 aliphatic carbocycles. The zero-order chi connectivity index (χ0) is 17.7. The molecule has 0 radical (unpaired) electrons. The smallest absolute Gasteiger partial charge is 0.128 e. The number of halogens is 2. The second kappa shape index (κ2) is 8.00. The molecule has 4 nitrogen and oxygen atoms in total. The minimum Gasteiger partial charge on any atom is -0.372 e. The molecule has 2 aromatic carbocycles. The van der Waals surface area contributed by atoms with Crippen molar-refractivity contribution in [3.8, 4) is 6.07 Å². The molecule has 0 aromatic heterocycles. The Labute approximate surface area is 146 Å². The molecule has 2 aromatic rings. The fourth-order valence-corrected chi connectivity index (χ4v) is 2.58. The van der Waals surface area contributed by atoms with Crippen LogP contribution >= 0.6 is 11.6 Å². The average molecular weight is 347 g/mol. The molecule has 0 aliphatic rings. The van der Waals surface area contributed by atoms with Crippen LogP contribution in [0.2, 0.25) is 5.02 Å². The highest BCUT2D eigenvalue weighted by atomic mass is 35.5. The van der Waals surface area contributed by atoms with Crippen molar-refractivity contribution in [1.29, 1.82) is 5.26 Å². The number of hydrogen-bond acceptors (Lipinski definition) is 4. The van der Waals surface area contributed by atoms with Crippen molar-refractivity contribution in [3.63, 3.8) is 0 Å². The van der Waals surface area contributed by atoms with Crippen molar-refractivity contribution in [2.75, 3.05) is 37.4 Å². The Kier molecular flexibility index (Phi) is 6.02. The number of likely N-dealkylation sites (N-methyl/N-ethyl adjacent to an activating group) is 2. The van der Waals surface area contributed by atoms with Crippen LogP contribution in [0, 0.1) is 24.1 Å². The molecule has 0 atom stereocenters. The molecule has 24 heavy (non-hydrogen) atoms. The maximum absolute atomic E-state index is 13.8. The van der Waals surface area contributed by atoms with Gasteiger partial charge >= 0.3 is 0 Å². The van der Waals surface area contributed by atoms with Crippen molar-refractivity contribution >= 4 is 28.7 Å². The molecule has 2 N–H and O–H groups in total. The predicted octanol–water partition coefficient (Wildman–Crippen LogP) is 4.06. The first kappa shape index (κ1) is 18.1. The second-order valence-corrected chi connectivity index (χ2v) is 5.98. The monoisotopic (exact) mass is 346 g/mol. The molecule has 6 heteroatoms. The molecule has 0 spiro atoms. The van der Waals surface area contributed by atoms with Crippen molar-refractivity contribution in [1.82, 2.24) is 5.32 Å². The highest BCUT2D eigenvalue weighted by molar-refractivity contribution is 6.33. The zero-order valence-electron chi connectivity index (χ0n) is 14.0. The van der Waals surface area contributed by atoms with Crippen LogP contribution in [0.4, 0.5) is 21.5 Å². The molecule has 0 bridgehead atoms. The van der Waals surface area contributed by atoms with Gasteiger partial charge in [-0.05, 0) is 49.9 Å². The minimum atomic E-state index is -0.319. The summed E-state index contributed by atoms with van der Waals surface area (Å²) in [5.74, 6) is -0.319. The number of rotatable bonds is 6. The highest BCUT2D eigenvalue weighted by Gasteiger charge is 2.12. The maximum Gasteiger partial charge on any atom is 0.128 e. The van der Waals surface area contributed by atoms with E-state index in [-0.39, 0.29) is 5.82 Å². The molecule has 0 fully saturated rings. The van der Waals surface area contributed by atoms with E-state index < -0.39 is 0 Å². The normalized spacial score (nSPS) is 10.3. The molecule has 0 heterocycles. The van der Waals surface area contributed by atoms with Crippen LogP contribution in [0.15, 0.2) is 30.3 Å². The quantitative estimate of drug-likeness (QED) is 0.828. The summed E-state index contributed by atoms with van der Waals surface area (Å²) >= 11 is 6.22. The SMILES string of the molecule is CNCCN(C)c1cc(C#N)ccc1Nc1cc(F)c(C)cc1Cl. The number of anilines is 3. The Morgan fingerprint density at radius 3 is 2.67 bits per heavy atom. The van der Waals surface area contributed by atoms with E-state index in [2.05, 4.69) is 16.7 Å². The highest BCUT2D eigenvalue weighted by Crippen LogP contribution is 2.33. The van der Waals surface area contributed by atoms with Gasteiger partial charge in [-0.3, -0.25) is 0 Å². The summed E-state index contributed by atoms with van der Waals surface area (Å²) in [6.07, 6.45) is 0. The van der Waals surface area contributed by atoms with E-state index in [1.165, 1.54) is 6.07 Å². The van der Waals surface area contributed by atoms with E-state index in [1.807, 2.05) is 19.0 Å². The van der Waals surface area contributed by atoms with Gasteiger partial charge in [0.15, 0.2) is 0 Å². The largest absolute Gasteiger partial charge is 0.372 e. The third kappa shape index (κ3) is 4.16. The summed E-state index contributed by atoms with van der Waals surface area (Å²) in [5, 5.41) is 15.9. The summed E-state index contributed by atoms with van der Waals surface area (Å²) < 4.78 is 13.8. The first-order valence-corrected chi connectivity index (χ1v) is 7.96. The molecule has 126 valence electrons. The van der Waals surface area contributed by atoms with Crippen LogP contribution in [0.1, 0.15) is 11.1 Å². The number of nitrogens with one attached hydrogen (secondary N) is 2. The van der Waals surface area contributed by atoms with Gasteiger partial charge < -0.3 is 15.5 Å². The Balaban J connectivity index is 2.39. The van der Waals surface area contributed by atoms with Crippen LogP contribution in [-0.4, -0.2) is 27.2 Å². The van der Waals surface area contributed by atoms with Crippen LogP contribution in [0.3, 0.4) is 0 Å².